The molecule has 1 aromatic rings. The van der Waals surface area contributed by atoms with Gasteiger partial charge in [-0.05, 0) is 11.6 Å². The first-order valence-electron chi connectivity index (χ1n) is 4.69. The van der Waals surface area contributed by atoms with Crippen molar-refractivity contribution in [2.24, 2.45) is 0 Å². The van der Waals surface area contributed by atoms with Gasteiger partial charge in [-0.15, -0.1) is 0 Å². The molecule has 0 spiro atoms. The number of rotatable bonds is 0. The maximum atomic E-state index is 11.3. The van der Waals surface area contributed by atoms with Gasteiger partial charge in [0.05, 0.1) is 19.3 Å². The standard InChI is InChI=1S/C11H12N2O2/c1-15-11(14)13-8-4-6-9-5-2-3-7-10(9)12-13/h2-7,12H,8H2,1H3. The number of carbonyl (C=O) groups excluding carboxylic acids is 1. The zero-order valence-electron chi connectivity index (χ0n) is 8.43. The van der Waals surface area contributed by atoms with E-state index in [9.17, 15) is 4.79 Å². The Bertz CT molecular complexity index is 401. The van der Waals surface area contributed by atoms with Crippen molar-refractivity contribution in [2.75, 3.05) is 19.1 Å². The fourth-order valence-corrected chi connectivity index (χ4v) is 1.45. The number of hydrogen-bond acceptors (Lipinski definition) is 3. The number of hydrogen-bond donors (Lipinski definition) is 1. The lowest BCUT2D eigenvalue weighted by atomic mass is 10.2. The van der Waals surface area contributed by atoms with E-state index in [2.05, 4.69) is 10.2 Å². The number of carbonyl (C=O) groups is 1. The van der Waals surface area contributed by atoms with Crippen LogP contribution in [0.3, 0.4) is 0 Å². The third-order valence-corrected chi connectivity index (χ3v) is 2.20. The predicted molar refractivity (Wildman–Crippen MR) is 58.2 cm³/mol. The van der Waals surface area contributed by atoms with Crippen LogP contribution in [0.2, 0.25) is 0 Å². The van der Waals surface area contributed by atoms with Crippen LogP contribution in [-0.4, -0.2) is 24.8 Å². The Morgan fingerprint density at radius 1 is 1.47 bits per heavy atom. The number of benzene rings is 1. The maximum Gasteiger partial charge on any atom is 0.428 e. The quantitative estimate of drug-likeness (QED) is 0.703. The first-order valence-corrected chi connectivity index (χ1v) is 4.69. The van der Waals surface area contributed by atoms with Crippen LogP contribution in [0.1, 0.15) is 5.56 Å². The number of hydrazine groups is 1. The smallest absolute Gasteiger partial charge is 0.428 e. The van der Waals surface area contributed by atoms with Crippen molar-refractivity contribution >= 4 is 17.9 Å². The van der Waals surface area contributed by atoms with E-state index in [1.165, 1.54) is 12.1 Å². The maximum absolute atomic E-state index is 11.3. The number of anilines is 1. The van der Waals surface area contributed by atoms with Gasteiger partial charge in [0.2, 0.25) is 0 Å². The van der Waals surface area contributed by atoms with Crippen molar-refractivity contribution in [3.63, 3.8) is 0 Å². The van der Waals surface area contributed by atoms with E-state index in [1.54, 1.807) is 0 Å². The fraction of sp³-hybridized carbons (Fsp3) is 0.182. The van der Waals surface area contributed by atoms with E-state index < -0.39 is 6.09 Å². The highest BCUT2D eigenvalue weighted by molar-refractivity contribution is 5.74. The van der Waals surface area contributed by atoms with E-state index in [4.69, 9.17) is 0 Å². The highest BCUT2D eigenvalue weighted by Crippen LogP contribution is 2.19. The number of ether oxygens (including phenoxy) is 1. The predicted octanol–water partition coefficient (Wildman–Crippen LogP) is 2.11. The average molecular weight is 204 g/mol. The first kappa shape index (κ1) is 9.58. The van der Waals surface area contributed by atoms with Gasteiger partial charge < -0.3 is 4.74 Å². The number of amides is 1. The van der Waals surface area contributed by atoms with Crippen molar-refractivity contribution in [3.8, 4) is 0 Å². The van der Waals surface area contributed by atoms with Crippen LogP contribution in [0.5, 0.6) is 0 Å². The summed E-state index contributed by atoms with van der Waals surface area (Å²) >= 11 is 0. The molecule has 0 saturated heterocycles. The number of nitrogens with zero attached hydrogens (tertiary/aromatic N) is 1. The molecule has 1 aliphatic rings. The number of methoxy groups -OCH3 is 1. The largest absolute Gasteiger partial charge is 0.452 e. The summed E-state index contributed by atoms with van der Waals surface area (Å²) in [5.74, 6) is 0. The minimum absolute atomic E-state index is 0.392. The van der Waals surface area contributed by atoms with Gasteiger partial charge in [0, 0.05) is 0 Å². The SMILES string of the molecule is COC(=O)N1CC=Cc2ccccc2N1. The highest BCUT2D eigenvalue weighted by Gasteiger charge is 2.15. The molecule has 15 heavy (non-hydrogen) atoms. The fourth-order valence-electron chi connectivity index (χ4n) is 1.45. The van der Waals surface area contributed by atoms with Gasteiger partial charge in [-0.25, -0.2) is 9.80 Å². The lowest BCUT2D eigenvalue weighted by Crippen LogP contribution is -2.35. The highest BCUT2D eigenvalue weighted by atomic mass is 16.5. The molecular weight excluding hydrogens is 192 g/mol. The summed E-state index contributed by atoms with van der Waals surface area (Å²) in [6, 6.07) is 7.78. The number of fused-ring (bicyclic) bond motifs is 1. The summed E-state index contributed by atoms with van der Waals surface area (Å²) in [4.78, 5) is 11.3. The Balaban J connectivity index is 2.27. The second kappa shape index (κ2) is 4.04. The van der Waals surface area contributed by atoms with Gasteiger partial charge in [0.1, 0.15) is 0 Å². The van der Waals surface area contributed by atoms with Gasteiger partial charge in [0.15, 0.2) is 0 Å². The average Bonchev–Trinajstić information content (AvgIpc) is 2.49. The minimum atomic E-state index is -0.392. The lowest BCUT2D eigenvalue weighted by molar-refractivity contribution is 0.137. The normalized spacial score (nSPS) is 13.8. The van der Waals surface area contributed by atoms with E-state index in [0.29, 0.717) is 6.54 Å². The van der Waals surface area contributed by atoms with Gasteiger partial charge >= 0.3 is 6.09 Å². The second-order valence-electron chi connectivity index (χ2n) is 3.18. The van der Waals surface area contributed by atoms with Crippen LogP contribution >= 0.6 is 0 Å². The van der Waals surface area contributed by atoms with E-state index in [-0.39, 0.29) is 0 Å². The molecule has 2 rings (SSSR count). The summed E-state index contributed by atoms with van der Waals surface area (Å²) in [6.07, 6.45) is 3.50. The van der Waals surface area contributed by atoms with Gasteiger partial charge in [-0.1, -0.05) is 30.4 Å². The monoisotopic (exact) mass is 204 g/mol. The van der Waals surface area contributed by atoms with Crippen LogP contribution in [0.4, 0.5) is 10.5 Å². The van der Waals surface area contributed by atoms with Crippen molar-refractivity contribution in [1.82, 2.24) is 5.01 Å². The molecule has 0 aliphatic carbocycles. The van der Waals surface area contributed by atoms with Crippen LogP contribution in [0.15, 0.2) is 30.3 Å². The molecule has 1 N–H and O–H groups in total. The molecule has 1 aliphatic heterocycles. The number of para-hydroxylation sites is 1. The number of nitrogens with one attached hydrogen (secondary N) is 1. The van der Waals surface area contributed by atoms with E-state index in [0.717, 1.165) is 11.3 Å². The summed E-state index contributed by atoms with van der Waals surface area (Å²) < 4.78 is 4.65. The van der Waals surface area contributed by atoms with E-state index >= 15 is 0 Å². The van der Waals surface area contributed by atoms with Crippen LogP contribution in [0, 0.1) is 0 Å². The topological polar surface area (TPSA) is 41.6 Å². The van der Waals surface area contributed by atoms with Crippen LogP contribution < -0.4 is 5.43 Å². The molecule has 0 unspecified atom stereocenters. The molecule has 4 heteroatoms. The summed E-state index contributed by atoms with van der Waals surface area (Å²) in [6.45, 7) is 0.487. The molecule has 0 radical (unpaired) electrons. The summed E-state index contributed by atoms with van der Waals surface area (Å²) in [5, 5.41) is 1.42. The summed E-state index contributed by atoms with van der Waals surface area (Å²) in [5.41, 5.74) is 4.97. The van der Waals surface area contributed by atoms with Gasteiger partial charge in [-0.2, -0.15) is 0 Å². The molecule has 0 atom stereocenters. The van der Waals surface area contributed by atoms with Crippen molar-refractivity contribution in [2.45, 2.75) is 0 Å². The molecule has 0 fully saturated rings. The molecule has 1 heterocycles. The Kier molecular flexibility index (Phi) is 2.58. The van der Waals surface area contributed by atoms with Gasteiger partial charge in [-0.3, -0.25) is 5.43 Å². The minimum Gasteiger partial charge on any atom is -0.452 e. The molecular formula is C11H12N2O2. The molecule has 4 nitrogen and oxygen atoms in total. The molecule has 1 aromatic carbocycles. The molecule has 0 saturated carbocycles. The molecule has 78 valence electrons. The second-order valence-corrected chi connectivity index (χ2v) is 3.18. The molecule has 0 aromatic heterocycles. The molecule has 0 bridgehead atoms. The van der Waals surface area contributed by atoms with Crippen molar-refractivity contribution in [3.05, 3.63) is 35.9 Å². The van der Waals surface area contributed by atoms with Gasteiger partial charge in [0.25, 0.3) is 0 Å². The third kappa shape index (κ3) is 1.93. The van der Waals surface area contributed by atoms with Crippen molar-refractivity contribution in [1.29, 1.82) is 0 Å². The zero-order chi connectivity index (χ0) is 10.7. The Morgan fingerprint density at radius 2 is 2.27 bits per heavy atom. The summed E-state index contributed by atoms with van der Waals surface area (Å²) in [7, 11) is 1.37. The van der Waals surface area contributed by atoms with Crippen molar-refractivity contribution < 1.29 is 9.53 Å². The Morgan fingerprint density at radius 3 is 3.07 bits per heavy atom. The first-order chi connectivity index (χ1) is 7.31. The Labute approximate surface area is 88.1 Å². The Hall–Kier alpha value is -1.97. The van der Waals surface area contributed by atoms with E-state index in [1.807, 2.05) is 36.4 Å². The zero-order valence-corrected chi connectivity index (χ0v) is 8.43. The van der Waals surface area contributed by atoms with Crippen LogP contribution in [-0.2, 0) is 4.74 Å². The molecule has 1 amide bonds. The third-order valence-electron chi connectivity index (χ3n) is 2.20. The van der Waals surface area contributed by atoms with Crippen LogP contribution in [0.25, 0.3) is 6.08 Å². The lowest BCUT2D eigenvalue weighted by Gasteiger charge is -2.20.